The third-order valence-corrected chi connectivity index (χ3v) is 3.86. The van der Waals surface area contributed by atoms with Gasteiger partial charge < -0.3 is 9.84 Å². The Balaban J connectivity index is 2.40. The molecular formula is C13H25NO3. The number of carboxylic acid groups (broad SMARTS) is 1. The molecule has 0 aromatic heterocycles. The van der Waals surface area contributed by atoms with Crippen LogP contribution in [-0.2, 0) is 9.53 Å². The van der Waals surface area contributed by atoms with Crippen molar-refractivity contribution in [3.63, 3.8) is 0 Å². The number of ether oxygens (including phenoxy) is 1. The number of carbonyl (C=O) groups is 1. The molecule has 0 unspecified atom stereocenters. The van der Waals surface area contributed by atoms with Gasteiger partial charge in [0, 0.05) is 18.1 Å². The molecule has 0 amide bonds. The number of unbranched alkanes of at least 4 members (excludes halogenated alkanes) is 1. The monoisotopic (exact) mass is 243 g/mol. The highest BCUT2D eigenvalue weighted by Gasteiger charge is 2.50. The summed E-state index contributed by atoms with van der Waals surface area (Å²) in [4.78, 5) is 12.6. The van der Waals surface area contributed by atoms with E-state index >= 15 is 0 Å². The Labute approximate surface area is 104 Å². The van der Waals surface area contributed by atoms with Crippen LogP contribution in [0.5, 0.6) is 0 Å². The first-order chi connectivity index (χ1) is 7.89. The van der Waals surface area contributed by atoms with Crippen LogP contribution >= 0.6 is 0 Å². The van der Waals surface area contributed by atoms with E-state index in [-0.39, 0.29) is 18.1 Å². The molecule has 0 spiro atoms. The van der Waals surface area contributed by atoms with E-state index < -0.39 is 5.97 Å². The van der Waals surface area contributed by atoms with Crippen LogP contribution in [0.4, 0.5) is 0 Å². The number of likely N-dealkylation sites (N-methyl/N-ethyl adjacent to an activating group) is 1. The molecule has 2 atom stereocenters. The van der Waals surface area contributed by atoms with Crippen LogP contribution < -0.4 is 0 Å². The number of hydrogen-bond donors (Lipinski definition) is 1. The normalized spacial score (nSPS) is 26.9. The zero-order valence-electron chi connectivity index (χ0n) is 11.4. The molecule has 1 saturated carbocycles. The summed E-state index contributed by atoms with van der Waals surface area (Å²) in [5.74, 6) is -0.765. The largest absolute Gasteiger partial charge is 0.480 e. The first-order valence-electron chi connectivity index (χ1n) is 6.43. The Morgan fingerprint density at radius 1 is 1.53 bits per heavy atom. The van der Waals surface area contributed by atoms with Crippen LogP contribution in [-0.4, -0.2) is 48.3 Å². The van der Waals surface area contributed by atoms with Crippen molar-refractivity contribution >= 4 is 5.97 Å². The summed E-state index contributed by atoms with van der Waals surface area (Å²) < 4.78 is 5.84. The molecule has 0 heterocycles. The maximum atomic E-state index is 10.7. The fourth-order valence-corrected chi connectivity index (χ4v) is 2.59. The van der Waals surface area contributed by atoms with E-state index in [1.807, 2.05) is 11.9 Å². The second-order valence-electron chi connectivity index (χ2n) is 5.59. The van der Waals surface area contributed by atoms with Crippen molar-refractivity contribution in [1.29, 1.82) is 0 Å². The van der Waals surface area contributed by atoms with Gasteiger partial charge in [-0.3, -0.25) is 9.69 Å². The molecule has 0 radical (unpaired) electrons. The average molecular weight is 243 g/mol. The van der Waals surface area contributed by atoms with Crippen LogP contribution in [0.3, 0.4) is 0 Å². The maximum absolute atomic E-state index is 10.7. The van der Waals surface area contributed by atoms with Crippen molar-refractivity contribution in [2.45, 2.75) is 52.2 Å². The predicted octanol–water partition coefficient (Wildman–Crippen LogP) is 1.99. The molecule has 0 bridgehead atoms. The Hall–Kier alpha value is -0.610. The minimum atomic E-state index is -0.765. The maximum Gasteiger partial charge on any atom is 0.317 e. The van der Waals surface area contributed by atoms with Crippen LogP contribution in [0.25, 0.3) is 0 Å². The van der Waals surface area contributed by atoms with Crippen LogP contribution in [0, 0.1) is 5.41 Å². The van der Waals surface area contributed by atoms with E-state index in [0.717, 1.165) is 25.9 Å². The minimum Gasteiger partial charge on any atom is -0.480 e. The zero-order valence-corrected chi connectivity index (χ0v) is 11.4. The zero-order chi connectivity index (χ0) is 13.1. The van der Waals surface area contributed by atoms with Gasteiger partial charge in [-0.1, -0.05) is 27.2 Å². The molecule has 100 valence electrons. The summed E-state index contributed by atoms with van der Waals surface area (Å²) in [7, 11) is 1.88. The molecule has 0 aromatic rings. The van der Waals surface area contributed by atoms with Gasteiger partial charge in [0.05, 0.1) is 12.6 Å². The van der Waals surface area contributed by atoms with Crippen molar-refractivity contribution in [2.75, 3.05) is 20.2 Å². The van der Waals surface area contributed by atoms with E-state index in [1.165, 1.54) is 0 Å². The molecule has 1 aliphatic rings. The number of nitrogens with zero attached hydrogens (tertiary/aromatic N) is 1. The number of rotatable bonds is 7. The van der Waals surface area contributed by atoms with Gasteiger partial charge in [0.25, 0.3) is 0 Å². The van der Waals surface area contributed by atoms with Crippen molar-refractivity contribution in [1.82, 2.24) is 4.90 Å². The van der Waals surface area contributed by atoms with Crippen LogP contribution in [0.2, 0.25) is 0 Å². The highest BCUT2D eigenvalue weighted by molar-refractivity contribution is 5.69. The van der Waals surface area contributed by atoms with Gasteiger partial charge in [-0.2, -0.15) is 0 Å². The molecule has 1 aliphatic carbocycles. The lowest BCUT2D eigenvalue weighted by Crippen LogP contribution is -2.61. The smallest absolute Gasteiger partial charge is 0.317 e. The Bertz CT molecular complexity index is 265. The Morgan fingerprint density at radius 2 is 2.18 bits per heavy atom. The number of carboxylic acids is 1. The fourth-order valence-electron chi connectivity index (χ4n) is 2.59. The van der Waals surface area contributed by atoms with Gasteiger partial charge in [0.2, 0.25) is 0 Å². The predicted molar refractivity (Wildman–Crippen MR) is 67.1 cm³/mol. The standard InChI is InChI=1S/C13H25NO3/c1-5-6-7-17-11-8-10(13(11,2)3)14(4)9-12(15)16/h10-11H,5-9H2,1-4H3,(H,15,16)/t10-,11+/m0/s1. The summed E-state index contributed by atoms with van der Waals surface area (Å²) in [5.41, 5.74) is 0.0535. The summed E-state index contributed by atoms with van der Waals surface area (Å²) in [6, 6.07) is 0.310. The molecule has 17 heavy (non-hydrogen) atoms. The lowest BCUT2D eigenvalue weighted by Gasteiger charge is -2.54. The summed E-state index contributed by atoms with van der Waals surface area (Å²) in [6.07, 6.45) is 3.47. The third-order valence-electron chi connectivity index (χ3n) is 3.86. The van der Waals surface area contributed by atoms with Gasteiger partial charge in [-0.15, -0.1) is 0 Å². The summed E-state index contributed by atoms with van der Waals surface area (Å²) in [5, 5.41) is 8.79. The van der Waals surface area contributed by atoms with E-state index in [9.17, 15) is 4.79 Å². The lowest BCUT2D eigenvalue weighted by molar-refractivity contribution is -0.158. The lowest BCUT2D eigenvalue weighted by atomic mass is 9.64. The van der Waals surface area contributed by atoms with E-state index in [0.29, 0.717) is 6.04 Å². The van der Waals surface area contributed by atoms with E-state index in [4.69, 9.17) is 9.84 Å². The van der Waals surface area contributed by atoms with Crippen molar-refractivity contribution in [2.24, 2.45) is 5.41 Å². The van der Waals surface area contributed by atoms with E-state index in [1.54, 1.807) is 0 Å². The molecule has 0 aromatic carbocycles. The van der Waals surface area contributed by atoms with Crippen LogP contribution in [0.15, 0.2) is 0 Å². The molecular weight excluding hydrogens is 218 g/mol. The van der Waals surface area contributed by atoms with Gasteiger partial charge in [0.15, 0.2) is 0 Å². The first kappa shape index (κ1) is 14.5. The minimum absolute atomic E-state index is 0.0535. The Morgan fingerprint density at radius 3 is 2.65 bits per heavy atom. The van der Waals surface area contributed by atoms with Gasteiger partial charge in [-0.25, -0.2) is 0 Å². The SMILES string of the molecule is CCCCO[C@@H]1C[C@H](N(C)CC(=O)O)C1(C)C. The van der Waals surface area contributed by atoms with Crippen molar-refractivity contribution in [3.8, 4) is 0 Å². The second kappa shape index (κ2) is 5.83. The van der Waals surface area contributed by atoms with E-state index in [2.05, 4.69) is 20.8 Å². The second-order valence-corrected chi connectivity index (χ2v) is 5.59. The molecule has 4 heteroatoms. The fraction of sp³-hybridized carbons (Fsp3) is 0.923. The topological polar surface area (TPSA) is 49.8 Å². The van der Waals surface area contributed by atoms with Gasteiger partial charge in [-0.05, 0) is 19.9 Å². The highest BCUT2D eigenvalue weighted by Crippen LogP contribution is 2.45. The van der Waals surface area contributed by atoms with Crippen LogP contribution in [0.1, 0.15) is 40.0 Å². The quantitative estimate of drug-likeness (QED) is 0.695. The van der Waals surface area contributed by atoms with Crippen molar-refractivity contribution < 1.29 is 14.6 Å². The molecule has 0 aliphatic heterocycles. The Kier molecular flexibility index (Phi) is 4.95. The van der Waals surface area contributed by atoms with Gasteiger partial charge in [0.1, 0.15) is 0 Å². The molecule has 1 N–H and O–H groups in total. The molecule has 4 nitrogen and oxygen atoms in total. The number of hydrogen-bond acceptors (Lipinski definition) is 3. The van der Waals surface area contributed by atoms with Gasteiger partial charge >= 0.3 is 5.97 Å². The average Bonchev–Trinajstić information content (AvgIpc) is 2.21. The molecule has 1 rings (SSSR count). The molecule has 1 fully saturated rings. The first-order valence-corrected chi connectivity index (χ1v) is 6.43. The van der Waals surface area contributed by atoms with Crippen molar-refractivity contribution in [3.05, 3.63) is 0 Å². The number of aliphatic carboxylic acids is 1. The third kappa shape index (κ3) is 3.42. The summed E-state index contributed by atoms with van der Waals surface area (Å²) >= 11 is 0. The summed E-state index contributed by atoms with van der Waals surface area (Å²) in [6.45, 7) is 7.40. The molecule has 0 saturated heterocycles. The highest BCUT2D eigenvalue weighted by atomic mass is 16.5.